The monoisotopic (exact) mass is 250 g/mol. The molecule has 1 heterocycles. The molecule has 4 heteroatoms. The van der Waals surface area contributed by atoms with E-state index in [2.05, 4.69) is 6.07 Å². The van der Waals surface area contributed by atoms with Crippen molar-refractivity contribution in [1.29, 1.82) is 0 Å². The fourth-order valence-corrected chi connectivity index (χ4v) is 2.75. The van der Waals surface area contributed by atoms with Crippen LogP contribution in [0.5, 0.6) is 0 Å². The van der Waals surface area contributed by atoms with Crippen LogP contribution in [0.3, 0.4) is 0 Å². The molecule has 18 heavy (non-hydrogen) atoms. The van der Waals surface area contributed by atoms with Gasteiger partial charge >= 0.3 is 0 Å². The van der Waals surface area contributed by atoms with E-state index >= 15 is 0 Å². The third kappa shape index (κ3) is 2.65. The average Bonchev–Trinajstić information content (AvgIpc) is 2.55. The minimum Gasteiger partial charge on any atom is -0.390 e. The predicted molar refractivity (Wildman–Crippen MR) is 71.0 cm³/mol. The third-order valence-corrected chi connectivity index (χ3v) is 3.47. The zero-order chi connectivity index (χ0) is 13.3. The van der Waals surface area contributed by atoms with E-state index in [1.165, 1.54) is 0 Å². The summed E-state index contributed by atoms with van der Waals surface area (Å²) >= 11 is 0. The number of aryl methyl sites for hydroxylation is 2. The molecule has 0 aromatic carbocycles. The molecule has 1 unspecified atom stereocenters. The normalized spacial score (nSPS) is 17.1. The highest BCUT2D eigenvalue weighted by molar-refractivity contribution is 5.97. The topological polar surface area (TPSA) is 45.5 Å². The van der Waals surface area contributed by atoms with E-state index in [9.17, 15) is 9.90 Å². The maximum atomic E-state index is 12.0. The number of hydrogen-bond donors (Lipinski definition) is 1. The molecule has 0 bridgehead atoms. The quantitative estimate of drug-likeness (QED) is 0.874. The van der Waals surface area contributed by atoms with Gasteiger partial charge in [0, 0.05) is 18.7 Å². The number of rotatable bonds is 4. The van der Waals surface area contributed by atoms with Crippen LogP contribution in [0.15, 0.2) is 6.07 Å². The van der Waals surface area contributed by atoms with Crippen molar-refractivity contribution >= 4 is 5.78 Å². The first-order chi connectivity index (χ1) is 8.49. The Bertz CT molecular complexity index is 449. The van der Waals surface area contributed by atoms with Crippen LogP contribution < -0.4 is 0 Å². The van der Waals surface area contributed by atoms with Crippen LogP contribution in [0.25, 0.3) is 0 Å². The van der Waals surface area contributed by atoms with Gasteiger partial charge in [-0.25, -0.2) is 0 Å². The lowest BCUT2D eigenvalue weighted by Crippen LogP contribution is -2.31. The van der Waals surface area contributed by atoms with Gasteiger partial charge < -0.3 is 14.6 Å². The number of nitrogens with zero attached hydrogens (tertiary/aromatic N) is 2. The van der Waals surface area contributed by atoms with Crippen LogP contribution in [-0.4, -0.2) is 47.1 Å². The van der Waals surface area contributed by atoms with Gasteiger partial charge in [0.2, 0.25) is 0 Å². The summed E-state index contributed by atoms with van der Waals surface area (Å²) in [5.41, 5.74) is 3.06. The highest BCUT2D eigenvalue weighted by Crippen LogP contribution is 2.25. The summed E-state index contributed by atoms with van der Waals surface area (Å²) in [6.07, 6.45) is 2.14. The summed E-state index contributed by atoms with van der Waals surface area (Å²) in [5, 5.41) is 10.0. The van der Waals surface area contributed by atoms with Crippen LogP contribution in [0.4, 0.5) is 0 Å². The number of carbonyl (C=O) groups excluding carboxylic acids is 1. The number of aliphatic hydroxyl groups excluding tert-OH is 1. The number of fused-ring (bicyclic) bond motifs is 1. The van der Waals surface area contributed by atoms with Crippen molar-refractivity contribution in [2.24, 2.45) is 0 Å². The number of likely N-dealkylation sites (N-methyl/N-ethyl adjacent to an activating group) is 1. The molecule has 0 radical (unpaired) electrons. The third-order valence-electron chi connectivity index (χ3n) is 3.47. The molecule has 0 saturated heterocycles. The largest absolute Gasteiger partial charge is 0.390 e. The molecule has 0 aliphatic heterocycles. The molecule has 0 fully saturated rings. The van der Waals surface area contributed by atoms with E-state index in [0.717, 1.165) is 29.8 Å². The molecule has 1 aromatic rings. The van der Waals surface area contributed by atoms with Crippen molar-refractivity contribution in [2.45, 2.75) is 38.8 Å². The molecule has 0 spiro atoms. The van der Waals surface area contributed by atoms with Crippen LogP contribution in [0.1, 0.15) is 34.6 Å². The van der Waals surface area contributed by atoms with Crippen molar-refractivity contribution in [1.82, 2.24) is 9.47 Å². The Morgan fingerprint density at radius 3 is 2.83 bits per heavy atom. The summed E-state index contributed by atoms with van der Waals surface area (Å²) in [6, 6.07) is 2.09. The van der Waals surface area contributed by atoms with Crippen molar-refractivity contribution in [3.05, 3.63) is 23.0 Å². The molecule has 1 atom stereocenters. The second-order valence-corrected chi connectivity index (χ2v) is 5.46. The molecular weight excluding hydrogens is 228 g/mol. The molecule has 100 valence electrons. The maximum absolute atomic E-state index is 12.0. The number of hydrogen-bond acceptors (Lipinski definition) is 3. The minimum absolute atomic E-state index is 0.224. The smallest absolute Gasteiger partial charge is 0.179 e. The van der Waals surface area contributed by atoms with Crippen molar-refractivity contribution in [2.75, 3.05) is 20.6 Å². The van der Waals surface area contributed by atoms with Gasteiger partial charge in [0.1, 0.15) is 0 Å². The first kappa shape index (κ1) is 13.3. The summed E-state index contributed by atoms with van der Waals surface area (Å²) in [7, 11) is 3.87. The first-order valence-electron chi connectivity index (χ1n) is 6.54. The second-order valence-electron chi connectivity index (χ2n) is 5.46. The number of aliphatic hydroxyl groups is 1. The van der Waals surface area contributed by atoms with Crippen LogP contribution in [-0.2, 0) is 13.0 Å². The van der Waals surface area contributed by atoms with E-state index in [1.807, 2.05) is 30.5 Å². The van der Waals surface area contributed by atoms with Gasteiger partial charge in [-0.05, 0) is 45.5 Å². The number of Topliss-reactive ketones (excluding diaryl/α,β-unsaturated/α-hetero) is 1. The Balaban J connectivity index is 2.22. The lowest BCUT2D eigenvalue weighted by molar-refractivity contribution is 0.0946. The SMILES string of the molecule is Cc1cc2c(n1CC(O)CN(C)C)C(=O)CCC2. The van der Waals surface area contributed by atoms with Gasteiger partial charge in [0.05, 0.1) is 18.3 Å². The maximum Gasteiger partial charge on any atom is 0.179 e. The van der Waals surface area contributed by atoms with Gasteiger partial charge in [0.25, 0.3) is 0 Å². The zero-order valence-corrected chi connectivity index (χ0v) is 11.4. The van der Waals surface area contributed by atoms with E-state index < -0.39 is 6.10 Å². The second kappa shape index (κ2) is 5.24. The summed E-state index contributed by atoms with van der Waals surface area (Å²) in [6.45, 7) is 3.12. The summed E-state index contributed by atoms with van der Waals surface area (Å²) < 4.78 is 1.99. The van der Waals surface area contributed by atoms with Gasteiger partial charge in [-0.2, -0.15) is 0 Å². The molecule has 1 N–H and O–H groups in total. The zero-order valence-electron chi connectivity index (χ0n) is 11.4. The van der Waals surface area contributed by atoms with Crippen LogP contribution in [0.2, 0.25) is 0 Å². The molecule has 0 saturated carbocycles. The lowest BCUT2D eigenvalue weighted by Gasteiger charge is -2.20. The van der Waals surface area contributed by atoms with Crippen molar-refractivity contribution in [3.8, 4) is 0 Å². The Morgan fingerprint density at radius 2 is 2.17 bits per heavy atom. The lowest BCUT2D eigenvalue weighted by atomic mass is 9.97. The molecule has 1 aliphatic carbocycles. The highest BCUT2D eigenvalue weighted by Gasteiger charge is 2.24. The van der Waals surface area contributed by atoms with E-state index in [0.29, 0.717) is 19.5 Å². The average molecular weight is 250 g/mol. The first-order valence-corrected chi connectivity index (χ1v) is 6.54. The van der Waals surface area contributed by atoms with Gasteiger partial charge in [-0.15, -0.1) is 0 Å². The van der Waals surface area contributed by atoms with Crippen LogP contribution >= 0.6 is 0 Å². The van der Waals surface area contributed by atoms with Crippen molar-refractivity contribution < 1.29 is 9.90 Å². The molecule has 2 rings (SSSR count). The van der Waals surface area contributed by atoms with Gasteiger partial charge in [-0.1, -0.05) is 0 Å². The standard InChI is InChI=1S/C14H22N2O2/c1-10-7-11-5-4-6-13(18)14(11)16(10)9-12(17)8-15(2)3/h7,12,17H,4-6,8-9H2,1-3H3. The number of ketones is 1. The number of aromatic nitrogens is 1. The minimum atomic E-state index is -0.440. The molecule has 0 amide bonds. The summed E-state index contributed by atoms with van der Waals surface area (Å²) in [5.74, 6) is 0.224. The number of carbonyl (C=O) groups is 1. The predicted octanol–water partition coefficient (Wildman–Crippen LogP) is 1.24. The van der Waals surface area contributed by atoms with Gasteiger partial charge in [0.15, 0.2) is 5.78 Å². The fourth-order valence-electron chi connectivity index (χ4n) is 2.75. The van der Waals surface area contributed by atoms with Gasteiger partial charge in [-0.3, -0.25) is 4.79 Å². The Labute approximate surface area is 108 Å². The Hall–Kier alpha value is -1.13. The Kier molecular flexibility index (Phi) is 3.88. The highest BCUT2D eigenvalue weighted by atomic mass is 16.3. The fraction of sp³-hybridized carbons (Fsp3) is 0.643. The van der Waals surface area contributed by atoms with Crippen LogP contribution in [0, 0.1) is 6.92 Å². The Morgan fingerprint density at radius 1 is 1.44 bits per heavy atom. The molecule has 1 aliphatic rings. The summed E-state index contributed by atoms with van der Waals surface area (Å²) in [4.78, 5) is 14.0. The van der Waals surface area contributed by atoms with E-state index in [-0.39, 0.29) is 5.78 Å². The molecule has 1 aromatic heterocycles. The van der Waals surface area contributed by atoms with E-state index in [1.54, 1.807) is 0 Å². The molecular formula is C14H22N2O2. The van der Waals surface area contributed by atoms with Crippen molar-refractivity contribution in [3.63, 3.8) is 0 Å². The molecule has 4 nitrogen and oxygen atoms in total. The van der Waals surface area contributed by atoms with E-state index in [4.69, 9.17) is 0 Å².